The summed E-state index contributed by atoms with van der Waals surface area (Å²) in [5, 5.41) is 8.52. The molecule has 5 heteroatoms. The molecule has 0 aliphatic rings. The van der Waals surface area contributed by atoms with Crippen molar-refractivity contribution in [3.05, 3.63) is 17.8 Å². The highest BCUT2D eigenvalue weighted by atomic mass is 16.5. The second-order valence-corrected chi connectivity index (χ2v) is 2.53. The Morgan fingerprint density at radius 1 is 1.77 bits per heavy atom. The van der Waals surface area contributed by atoms with Crippen molar-refractivity contribution in [2.45, 2.75) is 12.8 Å². The second-order valence-electron chi connectivity index (χ2n) is 2.53. The Balaban J connectivity index is 2.44. The van der Waals surface area contributed by atoms with Crippen molar-refractivity contribution in [3.63, 3.8) is 0 Å². The zero-order valence-corrected chi connectivity index (χ0v) is 7.32. The number of aryl methyl sites for hydroxylation is 1. The summed E-state index contributed by atoms with van der Waals surface area (Å²) in [4.78, 5) is 14.2. The number of carboxylic acids is 1. The SMILES string of the molecule is COCCCc1nc(C(=O)O)co1. The van der Waals surface area contributed by atoms with Gasteiger partial charge >= 0.3 is 5.97 Å². The molecule has 1 aromatic rings. The van der Waals surface area contributed by atoms with E-state index < -0.39 is 5.97 Å². The molecule has 1 rings (SSSR count). The van der Waals surface area contributed by atoms with Crippen LogP contribution in [0.1, 0.15) is 22.8 Å². The van der Waals surface area contributed by atoms with Crippen LogP contribution < -0.4 is 0 Å². The average molecular weight is 185 g/mol. The van der Waals surface area contributed by atoms with Gasteiger partial charge in [0.15, 0.2) is 11.6 Å². The predicted molar refractivity (Wildman–Crippen MR) is 43.7 cm³/mol. The number of methoxy groups -OCH3 is 1. The first-order valence-corrected chi connectivity index (χ1v) is 3.90. The molecule has 0 unspecified atom stereocenters. The molecule has 0 saturated carbocycles. The van der Waals surface area contributed by atoms with Crippen LogP contribution in [0.4, 0.5) is 0 Å². The lowest BCUT2D eigenvalue weighted by Gasteiger charge is -1.93. The minimum atomic E-state index is -1.07. The molecule has 1 N–H and O–H groups in total. The molecule has 5 nitrogen and oxygen atoms in total. The van der Waals surface area contributed by atoms with E-state index in [2.05, 4.69) is 4.98 Å². The number of nitrogens with zero attached hydrogens (tertiary/aromatic N) is 1. The molecule has 0 spiro atoms. The van der Waals surface area contributed by atoms with E-state index in [1.807, 2.05) is 0 Å². The summed E-state index contributed by atoms with van der Waals surface area (Å²) in [6.07, 6.45) is 2.52. The molecule has 72 valence electrons. The Morgan fingerprint density at radius 3 is 3.08 bits per heavy atom. The first kappa shape index (κ1) is 9.73. The predicted octanol–water partition coefficient (Wildman–Crippen LogP) is 0.952. The number of hydrogen-bond acceptors (Lipinski definition) is 4. The Hall–Kier alpha value is -1.36. The lowest BCUT2D eigenvalue weighted by atomic mass is 10.3. The number of hydrogen-bond donors (Lipinski definition) is 1. The Kier molecular flexibility index (Phi) is 3.45. The number of oxazole rings is 1. The maximum Gasteiger partial charge on any atom is 0.357 e. The maximum absolute atomic E-state index is 10.4. The van der Waals surface area contributed by atoms with Crippen molar-refractivity contribution < 1.29 is 19.1 Å². The zero-order valence-electron chi connectivity index (χ0n) is 7.32. The number of rotatable bonds is 5. The van der Waals surface area contributed by atoms with Crippen LogP contribution in [0, 0.1) is 0 Å². The summed E-state index contributed by atoms with van der Waals surface area (Å²) in [6, 6.07) is 0. The number of carboxylic acid groups (broad SMARTS) is 1. The standard InChI is InChI=1S/C8H11NO4/c1-12-4-2-3-7-9-6(5-13-7)8(10)11/h5H,2-4H2,1H3,(H,10,11). The molecule has 0 bridgehead atoms. The van der Waals surface area contributed by atoms with Gasteiger partial charge in [-0.15, -0.1) is 0 Å². The molecule has 0 amide bonds. The van der Waals surface area contributed by atoms with Crippen LogP contribution in [0.2, 0.25) is 0 Å². The number of ether oxygens (including phenoxy) is 1. The lowest BCUT2D eigenvalue weighted by Crippen LogP contribution is -1.97. The molecular weight excluding hydrogens is 174 g/mol. The van der Waals surface area contributed by atoms with Gasteiger partial charge in [0, 0.05) is 20.1 Å². The molecule has 0 atom stereocenters. The molecule has 0 radical (unpaired) electrons. The van der Waals surface area contributed by atoms with E-state index in [0.717, 1.165) is 12.7 Å². The fourth-order valence-electron chi connectivity index (χ4n) is 0.892. The summed E-state index contributed by atoms with van der Waals surface area (Å²) in [5.41, 5.74) is -0.0487. The van der Waals surface area contributed by atoms with Crippen molar-refractivity contribution in [3.8, 4) is 0 Å². The third-order valence-corrected chi connectivity index (χ3v) is 1.51. The van der Waals surface area contributed by atoms with Crippen molar-refractivity contribution >= 4 is 5.97 Å². The smallest absolute Gasteiger partial charge is 0.357 e. The van der Waals surface area contributed by atoms with Gasteiger partial charge in [-0.3, -0.25) is 0 Å². The van der Waals surface area contributed by atoms with Gasteiger partial charge in [0.25, 0.3) is 0 Å². The van der Waals surface area contributed by atoms with Gasteiger partial charge < -0.3 is 14.3 Å². The topological polar surface area (TPSA) is 72.6 Å². The molecular formula is C8H11NO4. The fourth-order valence-corrected chi connectivity index (χ4v) is 0.892. The van der Waals surface area contributed by atoms with E-state index in [4.69, 9.17) is 14.3 Å². The summed E-state index contributed by atoms with van der Waals surface area (Å²) < 4.78 is 9.76. The highest BCUT2D eigenvalue weighted by Gasteiger charge is 2.09. The second kappa shape index (κ2) is 4.61. The third-order valence-electron chi connectivity index (χ3n) is 1.51. The summed E-state index contributed by atoms with van der Waals surface area (Å²) in [6.45, 7) is 0.616. The van der Waals surface area contributed by atoms with Crippen LogP contribution in [0.3, 0.4) is 0 Å². The summed E-state index contributed by atoms with van der Waals surface area (Å²) in [7, 11) is 1.61. The van der Waals surface area contributed by atoms with Crippen LogP contribution in [-0.2, 0) is 11.2 Å². The van der Waals surface area contributed by atoms with Crippen LogP contribution in [0.5, 0.6) is 0 Å². The van der Waals surface area contributed by atoms with Gasteiger partial charge in [-0.05, 0) is 6.42 Å². The van der Waals surface area contributed by atoms with Crippen LogP contribution >= 0.6 is 0 Å². The summed E-state index contributed by atoms with van der Waals surface area (Å²) >= 11 is 0. The first-order valence-electron chi connectivity index (χ1n) is 3.90. The van der Waals surface area contributed by atoms with Crippen molar-refractivity contribution in [1.29, 1.82) is 0 Å². The lowest BCUT2D eigenvalue weighted by molar-refractivity contribution is 0.0690. The first-order chi connectivity index (χ1) is 6.24. The monoisotopic (exact) mass is 185 g/mol. The largest absolute Gasteiger partial charge is 0.476 e. The van der Waals surface area contributed by atoms with E-state index in [1.54, 1.807) is 7.11 Å². The van der Waals surface area contributed by atoms with E-state index in [1.165, 1.54) is 0 Å². The third kappa shape index (κ3) is 2.87. The highest BCUT2D eigenvalue weighted by molar-refractivity contribution is 5.84. The molecule has 1 heterocycles. The molecule has 13 heavy (non-hydrogen) atoms. The average Bonchev–Trinajstić information content (AvgIpc) is 2.53. The van der Waals surface area contributed by atoms with E-state index in [0.29, 0.717) is 18.9 Å². The Labute approximate surface area is 75.3 Å². The van der Waals surface area contributed by atoms with E-state index in [-0.39, 0.29) is 5.69 Å². The number of aromatic nitrogens is 1. The fraction of sp³-hybridized carbons (Fsp3) is 0.500. The minimum absolute atomic E-state index is 0.0487. The van der Waals surface area contributed by atoms with Crippen molar-refractivity contribution in [1.82, 2.24) is 4.98 Å². The highest BCUT2D eigenvalue weighted by Crippen LogP contribution is 2.04. The van der Waals surface area contributed by atoms with Crippen LogP contribution in [-0.4, -0.2) is 29.8 Å². The normalized spacial score (nSPS) is 10.2. The molecule has 0 fully saturated rings. The maximum atomic E-state index is 10.4. The van der Waals surface area contributed by atoms with Gasteiger partial charge in [0.1, 0.15) is 6.26 Å². The van der Waals surface area contributed by atoms with Gasteiger partial charge in [0.05, 0.1) is 0 Å². The van der Waals surface area contributed by atoms with Crippen LogP contribution in [0.15, 0.2) is 10.7 Å². The van der Waals surface area contributed by atoms with Gasteiger partial charge in [-0.2, -0.15) is 0 Å². The van der Waals surface area contributed by atoms with Crippen molar-refractivity contribution in [2.24, 2.45) is 0 Å². The number of carbonyl (C=O) groups is 1. The van der Waals surface area contributed by atoms with Gasteiger partial charge in [-0.1, -0.05) is 0 Å². The van der Waals surface area contributed by atoms with Crippen LogP contribution in [0.25, 0.3) is 0 Å². The van der Waals surface area contributed by atoms with E-state index in [9.17, 15) is 4.79 Å². The number of aromatic carboxylic acids is 1. The molecule has 0 saturated heterocycles. The quantitative estimate of drug-likeness (QED) is 0.691. The Bertz CT molecular complexity index is 281. The summed E-state index contributed by atoms with van der Waals surface area (Å²) in [5.74, 6) is -0.629. The Morgan fingerprint density at radius 2 is 2.54 bits per heavy atom. The van der Waals surface area contributed by atoms with Gasteiger partial charge in [-0.25, -0.2) is 9.78 Å². The van der Waals surface area contributed by atoms with E-state index >= 15 is 0 Å². The zero-order chi connectivity index (χ0) is 9.68. The minimum Gasteiger partial charge on any atom is -0.476 e. The van der Waals surface area contributed by atoms with Gasteiger partial charge in [0.2, 0.25) is 0 Å². The molecule has 0 aromatic carbocycles. The van der Waals surface area contributed by atoms with Crippen molar-refractivity contribution in [2.75, 3.05) is 13.7 Å². The molecule has 0 aliphatic heterocycles. The molecule has 1 aromatic heterocycles. The molecule has 0 aliphatic carbocycles.